The summed E-state index contributed by atoms with van der Waals surface area (Å²) in [5.74, 6) is -0.0923. The third kappa shape index (κ3) is 9.38. The molecule has 4 aromatic rings. The molecule has 3 atom stereocenters. The molecular weight excluding hydrogens is 737 g/mol. The maximum Gasteiger partial charge on any atom is 0.408 e. The number of aliphatic hydroxyl groups excluding tert-OH is 1. The highest BCUT2D eigenvalue weighted by atomic mass is 35.5. The first-order chi connectivity index (χ1) is 26.0. The number of aliphatic hydroxyl groups is 1. The van der Waals surface area contributed by atoms with Crippen LogP contribution in [0.1, 0.15) is 46.5 Å². The van der Waals surface area contributed by atoms with Crippen molar-refractivity contribution in [2.75, 3.05) is 55.6 Å². The maximum atomic E-state index is 14.5. The molecule has 294 valence electrons. The lowest BCUT2D eigenvalue weighted by molar-refractivity contribution is -0.136. The average molecular weight is 782 g/mol. The van der Waals surface area contributed by atoms with Gasteiger partial charge in [-0.25, -0.2) is 23.6 Å². The monoisotopic (exact) mass is 781 g/mol. The highest BCUT2D eigenvalue weighted by Crippen LogP contribution is 2.37. The Hall–Kier alpha value is -5.61. The molecule has 3 N–H and O–H groups in total. The Morgan fingerprint density at radius 3 is 2.24 bits per heavy atom. The molecule has 55 heavy (non-hydrogen) atoms. The van der Waals surface area contributed by atoms with Gasteiger partial charge in [0.2, 0.25) is 5.91 Å². The van der Waals surface area contributed by atoms with Gasteiger partial charge in [-0.05, 0) is 89.2 Å². The van der Waals surface area contributed by atoms with Gasteiger partial charge in [-0.2, -0.15) is 0 Å². The van der Waals surface area contributed by atoms with Crippen LogP contribution in [0.25, 0.3) is 10.9 Å². The van der Waals surface area contributed by atoms with E-state index in [0.717, 1.165) is 0 Å². The highest BCUT2D eigenvalue weighted by Gasteiger charge is 2.36. The number of nitrogens with one attached hydrogen (secondary N) is 2. The number of nitrogens with zero attached hydrogens (tertiary/aromatic N) is 5. The molecule has 1 saturated heterocycles. The van der Waals surface area contributed by atoms with Gasteiger partial charge >= 0.3 is 12.1 Å². The van der Waals surface area contributed by atoms with Crippen LogP contribution in [0.2, 0.25) is 5.02 Å². The van der Waals surface area contributed by atoms with E-state index in [9.17, 15) is 28.7 Å². The largest absolute Gasteiger partial charge is 0.497 e. The van der Waals surface area contributed by atoms with Crippen molar-refractivity contribution in [1.82, 2.24) is 19.9 Å². The molecule has 0 bridgehead atoms. The molecule has 1 aliphatic rings. The van der Waals surface area contributed by atoms with Gasteiger partial charge < -0.3 is 39.9 Å². The van der Waals surface area contributed by atoms with Crippen molar-refractivity contribution in [2.45, 2.75) is 58.4 Å². The van der Waals surface area contributed by atoms with E-state index in [0.29, 0.717) is 27.7 Å². The van der Waals surface area contributed by atoms with Crippen LogP contribution in [0.15, 0.2) is 65.5 Å². The Morgan fingerprint density at radius 2 is 1.64 bits per heavy atom. The molecule has 3 unspecified atom stereocenters. The van der Waals surface area contributed by atoms with Crippen LogP contribution >= 0.6 is 11.6 Å². The molecule has 0 saturated carbocycles. The Balaban J connectivity index is 1.54. The molecular formula is C38H45ClFN7O8. The van der Waals surface area contributed by atoms with Gasteiger partial charge in [0.1, 0.15) is 29.0 Å². The molecule has 3 aromatic carbocycles. The number of hydrogen-bond donors (Lipinski definition) is 3. The lowest BCUT2D eigenvalue weighted by Crippen LogP contribution is -2.61. The molecule has 15 nitrogen and oxygen atoms in total. The van der Waals surface area contributed by atoms with Crippen molar-refractivity contribution in [3.8, 4) is 11.5 Å². The number of alkyl carbamates (subject to hydrolysis) is 1. The standard InChI is InChI=1S/C38H45ClFN7O8/c1-22(46(30-15-13-27(53-6)21-31(30)54-7)36(51)41-26-11-9-25(40)10-12-26)33-42-29-14-8-24(39)20-28(29)34(49)47(33)45-18-16-44(17-19-45)35(50)32(23(2)48)43-37(52)55-38(3,4)5/h8-15,20-23,32,48H,16-19H2,1-7H3,(H,41,51)(H,43,52). The summed E-state index contributed by atoms with van der Waals surface area (Å²) in [5, 5.41) is 18.0. The number of carbonyl (C=O) groups is 3. The van der Waals surface area contributed by atoms with Crippen molar-refractivity contribution in [3.63, 3.8) is 0 Å². The van der Waals surface area contributed by atoms with Crippen LogP contribution in [-0.4, -0.2) is 95.8 Å². The van der Waals surface area contributed by atoms with Gasteiger partial charge in [-0.3, -0.25) is 14.5 Å². The molecule has 1 aromatic heterocycles. The Bertz CT molecular complexity index is 2100. The number of benzene rings is 3. The fraction of sp³-hybridized carbons (Fsp3) is 0.395. The van der Waals surface area contributed by atoms with Crippen molar-refractivity contribution in [1.29, 1.82) is 0 Å². The number of methoxy groups -OCH3 is 2. The Morgan fingerprint density at radius 1 is 0.964 bits per heavy atom. The van der Waals surface area contributed by atoms with Crippen molar-refractivity contribution in [3.05, 3.63) is 87.7 Å². The topological polar surface area (TPSA) is 168 Å². The van der Waals surface area contributed by atoms with Crippen LogP contribution < -0.4 is 35.6 Å². The number of rotatable bonds is 10. The minimum atomic E-state index is -1.28. The zero-order valence-corrected chi connectivity index (χ0v) is 32.4. The van der Waals surface area contributed by atoms with Crippen molar-refractivity contribution in [2.24, 2.45) is 0 Å². The number of anilines is 2. The molecule has 17 heteroatoms. The second-order valence-corrected chi connectivity index (χ2v) is 14.3. The molecule has 5 rings (SSSR count). The Labute approximate surface area is 322 Å². The molecule has 4 amide bonds. The third-order valence-corrected chi connectivity index (χ3v) is 9.06. The molecule has 1 aliphatic heterocycles. The number of aromatic nitrogens is 2. The van der Waals surface area contributed by atoms with Crippen LogP contribution in [0, 0.1) is 5.82 Å². The van der Waals surface area contributed by atoms with Gasteiger partial charge in [0.25, 0.3) is 5.56 Å². The van der Waals surface area contributed by atoms with E-state index in [1.54, 1.807) is 63.0 Å². The lowest BCUT2D eigenvalue weighted by Gasteiger charge is -2.40. The summed E-state index contributed by atoms with van der Waals surface area (Å²) in [4.78, 5) is 62.7. The number of carbonyl (C=O) groups excluding carboxylic acids is 3. The fourth-order valence-corrected chi connectivity index (χ4v) is 6.33. The number of hydrogen-bond acceptors (Lipinski definition) is 10. The van der Waals surface area contributed by atoms with E-state index < -0.39 is 53.2 Å². The quantitative estimate of drug-likeness (QED) is 0.198. The lowest BCUT2D eigenvalue weighted by atomic mass is 10.1. The van der Waals surface area contributed by atoms with E-state index in [-0.39, 0.29) is 43.1 Å². The predicted molar refractivity (Wildman–Crippen MR) is 206 cm³/mol. The van der Waals surface area contributed by atoms with Crippen molar-refractivity contribution < 1.29 is 38.1 Å². The van der Waals surface area contributed by atoms with Crippen LogP contribution in [-0.2, 0) is 9.53 Å². The number of piperazine rings is 1. The molecule has 1 fully saturated rings. The minimum Gasteiger partial charge on any atom is -0.497 e. The summed E-state index contributed by atoms with van der Waals surface area (Å²) in [5.41, 5.74) is -0.340. The Kier molecular flexibility index (Phi) is 12.4. The van der Waals surface area contributed by atoms with Gasteiger partial charge in [0.15, 0.2) is 5.82 Å². The summed E-state index contributed by atoms with van der Waals surface area (Å²) in [7, 11) is 2.94. The van der Waals surface area contributed by atoms with Gasteiger partial charge in [0, 0.05) is 29.9 Å². The first-order valence-electron chi connectivity index (χ1n) is 17.5. The number of ether oxygens (including phenoxy) is 3. The van der Waals surface area contributed by atoms with Crippen LogP contribution in [0.3, 0.4) is 0 Å². The zero-order chi connectivity index (χ0) is 40.2. The predicted octanol–water partition coefficient (Wildman–Crippen LogP) is 5.06. The first-order valence-corrected chi connectivity index (χ1v) is 17.9. The number of amides is 4. The van der Waals surface area contributed by atoms with E-state index in [1.807, 2.05) is 0 Å². The van der Waals surface area contributed by atoms with Gasteiger partial charge in [0.05, 0.1) is 56.0 Å². The van der Waals surface area contributed by atoms with E-state index in [2.05, 4.69) is 10.6 Å². The normalized spacial score (nSPS) is 14.8. The molecule has 0 spiro atoms. The van der Waals surface area contributed by atoms with E-state index in [4.69, 9.17) is 30.8 Å². The number of urea groups is 1. The summed E-state index contributed by atoms with van der Waals surface area (Å²) in [6.45, 7) is 8.61. The number of fused-ring (bicyclic) bond motifs is 1. The van der Waals surface area contributed by atoms with Crippen molar-refractivity contribution >= 4 is 51.9 Å². The average Bonchev–Trinajstić information content (AvgIpc) is 3.14. The first kappa shape index (κ1) is 40.6. The fourth-order valence-electron chi connectivity index (χ4n) is 6.16. The summed E-state index contributed by atoms with van der Waals surface area (Å²) in [6, 6.07) is 12.0. The minimum absolute atomic E-state index is 0.104. The molecule has 2 heterocycles. The molecule has 0 aliphatic carbocycles. The SMILES string of the molecule is COc1ccc(N(C(=O)Nc2ccc(F)cc2)C(C)c2nc3ccc(Cl)cc3c(=O)n2N2CCN(C(=O)C(NC(=O)OC(C)(C)C)C(C)O)CC2)c(OC)c1. The van der Waals surface area contributed by atoms with Crippen LogP contribution in [0.4, 0.5) is 25.4 Å². The smallest absolute Gasteiger partial charge is 0.408 e. The second-order valence-electron chi connectivity index (χ2n) is 13.9. The zero-order valence-electron chi connectivity index (χ0n) is 31.6. The summed E-state index contributed by atoms with van der Waals surface area (Å²) in [6.07, 6.45) is -2.08. The second kappa shape index (κ2) is 16.8. The summed E-state index contributed by atoms with van der Waals surface area (Å²) >= 11 is 6.33. The molecule has 0 radical (unpaired) electrons. The highest BCUT2D eigenvalue weighted by molar-refractivity contribution is 6.31. The third-order valence-electron chi connectivity index (χ3n) is 8.83. The maximum absolute atomic E-state index is 14.5. The van der Waals surface area contributed by atoms with Gasteiger partial charge in [-0.15, -0.1) is 0 Å². The van der Waals surface area contributed by atoms with Gasteiger partial charge in [-0.1, -0.05) is 11.6 Å². The van der Waals surface area contributed by atoms with E-state index in [1.165, 1.54) is 66.0 Å². The van der Waals surface area contributed by atoms with E-state index >= 15 is 0 Å². The number of halogens is 2. The summed E-state index contributed by atoms with van der Waals surface area (Å²) < 4.78 is 31.5. The van der Waals surface area contributed by atoms with Crippen LogP contribution in [0.5, 0.6) is 11.5 Å².